The summed E-state index contributed by atoms with van der Waals surface area (Å²) in [6.45, 7) is 0.351. The third-order valence-corrected chi connectivity index (χ3v) is 4.06. The van der Waals surface area contributed by atoms with Crippen LogP contribution in [0.5, 0.6) is 0 Å². The van der Waals surface area contributed by atoms with Crippen LogP contribution in [0.2, 0.25) is 0 Å². The molecule has 2 aromatic carbocycles. The Morgan fingerprint density at radius 3 is 2.38 bits per heavy atom. The molecule has 0 fully saturated rings. The van der Waals surface area contributed by atoms with Crippen molar-refractivity contribution >= 4 is 23.3 Å². The number of carbonyl (C=O) groups is 1. The lowest BCUT2D eigenvalue weighted by Crippen LogP contribution is -2.29. The molecule has 7 heteroatoms. The molecule has 2 unspecified atom stereocenters. The third-order valence-electron chi connectivity index (χ3n) is 3.82. The van der Waals surface area contributed by atoms with Gasteiger partial charge in [-0.3, -0.25) is 0 Å². The zero-order chi connectivity index (χ0) is 18.9. The molecule has 0 spiro atoms. The third kappa shape index (κ3) is 6.11. The summed E-state index contributed by atoms with van der Waals surface area (Å²) in [6.07, 6.45) is -2.49. The summed E-state index contributed by atoms with van der Waals surface area (Å²) in [5.74, 6) is 0. The number of nitrogens with one attached hydrogen (secondary N) is 1. The molecule has 0 aliphatic rings. The molecule has 2 rings (SSSR count). The van der Waals surface area contributed by atoms with E-state index in [4.69, 9.17) is 22.7 Å². The number of benzene rings is 2. The van der Waals surface area contributed by atoms with E-state index in [2.05, 4.69) is 5.32 Å². The molecule has 2 aromatic rings. The molecule has 0 bridgehead atoms. The summed E-state index contributed by atoms with van der Waals surface area (Å²) in [5.41, 5.74) is 7.64. The molecule has 0 heterocycles. The molecule has 0 aliphatic heterocycles. The first kappa shape index (κ1) is 19.8. The SMILES string of the molecule is NC(=S)c1ccc(C(O)C(O)CCNC(=O)OCc2ccccc2)cc1. The molecular weight excluding hydrogens is 352 g/mol. The van der Waals surface area contributed by atoms with Gasteiger partial charge in [0.25, 0.3) is 0 Å². The van der Waals surface area contributed by atoms with Gasteiger partial charge in [0.1, 0.15) is 17.7 Å². The number of aliphatic hydroxyl groups excluding tert-OH is 2. The van der Waals surface area contributed by atoms with Gasteiger partial charge in [-0.2, -0.15) is 0 Å². The monoisotopic (exact) mass is 374 g/mol. The second-order valence-electron chi connectivity index (χ2n) is 5.78. The number of carbonyl (C=O) groups excluding carboxylic acids is 1. The highest BCUT2D eigenvalue weighted by molar-refractivity contribution is 7.80. The van der Waals surface area contributed by atoms with Gasteiger partial charge in [0.15, 0.2) is 0 Å². The second-order valence-corrected chi connectivity index (χ2v) is 6.22. The van der Waals surface area contributed by atoms with E-state index in [0.29, 0.717) is 11.1 Å². The largest absolute Gasteiger partial charge is 0.445 e. The van der Waals surface area contributed by atoms with E-state index < -0.39 is 18.3 Å². The highest BCUT2D eigenvalue weighted by Crippen LogP contribution is 2.19. The van der Waals surface area contributed by atoms with Crippen molar-refractivity contribution in [2.45, 2.75) is 25.2 Å². The minimum atomic E-state index is -1.07. The van der Waals surface area contributed by atoms with Crippen molar-refractivity contribution in [3.05, 3.63) is 71.3 Å². The van der Waals surface area contributed by atoms with Crippen molar-refractivity contribution in [3.8, 4) is 0 Å². The van der Waals surface area contributed by atoms with Crippen molar-refractivity contribution in [2.24, 2.45) is 5.73 Å². The van der Waals surface area contributed by atoms with Gasteiger partial charge in [-0.25, -0.2) is 4.79 Å². The summed E-state index contributed by atoms with van der Waals surface area (Å²) < 4.78 is 5.07. The number of ether oxygens (including phenoxy) is 1. The number of hydrogen-bond donors (Lipinski definition) is 4. The van der Waals surface area contributed by atoms with Crippen LogP contribution in [0, 0.1) is 0 Å². The van der Waals surface area contributed by atoms with Crippen LogP contribution in [-0.2, 0) is 11.3 Å². The number of rotatable bonds is 8. The quantitative estimate of drug-likeness (QED) is 0.527. The van der Waals surface area contributed by atoms with Crippen LogP contribution in [0.3, 0.4) is 0 Å². The first-order valence-corrected chi connectivity index (χ1v) is 8.58. The highest BCUT2D eigenvalue weighted by atomic mass is 32.1. The van der Waals surface area contributed by atoms with Crippen LogP contribution in [-0.4, -0.2) is 33.9 Å². The van der Waals surface area contributed by atoms with Gasteiger partial charge in [-0.1, -0.05) is 66.8 Å². The summed E-state index contributed by atoms with van der Waals surface area (Å²) in [4.78, 5) is 11.9. The molecule has 0 aliphatic carbocycles. The van der Waals surface area contributed by atoms with Crippen molar-refractivity contribution in [3.63, 3.8) is 0 Å². The molecule has 26 heavy (non-hydrogen) atoms. The fourth-order valence-electron chi connectivity index (χ4n) is 2.32. The Balaban J connectivity index is 1.72. The smallest absolute Gasteiger partial charge is 0.407 e. The predicted octanol–water partition coefficient (Wildman–Crippen LogP) is 2.03. The highest BCUT2D eigenvalue weighted by Gasteiger charge is 2.18. The molecule has 138 valence electrons. The standard InChI is InChI=1S/C19H22N2O4S/c20-18(26)15-8-6-14(7-9-15)17(23)16(22)10-11-21-19(24)25-12-13-4-2-1-3-5-13/h1-9,16-17,22-23H,10-12H2,(H2,20,26)(H,21,24). The van der Waals surface area contributed by atoms with Crippen LogP contribution in [0.4, 0.5) is 4.79 Å². The first-order valence-electron chi connectivity index (χ1n) is 8.18. The average Bonchev–Trinajstić information content (AvgIpc) is 2.66. The molecule has 0 saturated carbocycles. The molecule has 2 atom stereocenters. The Morgan fingerprint density at radius 2 is 1.77 bits per heavy atom. The number of amides is 1. The predicted molar refractivity (Wildman–Crippen MR) is 103 cm³/mol. The van der Waals surface area contributed by atoms with Crippen molar-refractivity contribution in [1.82, 2.24) is 5.32 Å². The van der Waals surface area contributed by atoms with E-state index >= 15 is 0 Å². The Bertz CT molecular complexity index is 722. The summed E-state index contributed by atoms with van der Waals surface area (Å²) >= 11 is 4.87. The molecule has 6 nitrogen and oxygen atoms in total. The van der Waals surface area contributed by atoms with Gasteiger partial charge in [0, 0.05) is 12.1 Å². The van der Waals surface area contributed by atoms with Crippen LogP contribution < -0.4 is 11.1 Å². The minimum Gasteiger partial charge on any atom is -0.445 e. The summed E-state index contributed by atoms with van der Waals surface area (Å²) in [7, 11) is 0. The zero-order valence-electron chi connectivity index (χ0n) is 14.2. The van der Waals surface area contributed by atoms with E-state index in [9.17, 15) is 15.0 Å². The lowest BCUT2D eigenvalue weighted by Gasteiger charge is -2.18. The van der Waals surface area contributed by atoms with Gasteiger partial charge in [0.2, 0.25) is 0 Å². The van der Waals surface area contributed by atoms with Crippen LogP contribution >= 0.6 is 12.2 Å². The second kappa shape index (κ2) is 9.86. The number of aliphatic hydroxyl groups is 2. The topological polar surface area (TPSA) is 105 Å². The Labute approximate surface area is 157 Å². The van der Waals surface area contributed by atoms with Crippen molar-refractivity contribution in [2.75, 3.05) is 6.54 Å². The number of hydrogen-bond acceptors (Lipinski definition) is 5. The average molecular weight is 374 g/mol. The minimum absolute atomic E-state index is 0.174. The van der Waals surface area contributed by atoms with Gasteiger partial charge < -0.3 is 26.0 Å². The lowest BCUT2D eigenvalue weighted by atomic mass is 10.0. The van der Waals surface area contributed by atoms with Crippen molar-refractivity contribution < 1.29 is 19.7 Å². The first-order chi connectivity index (χ1) is 12.5. The van der Waals surface area contributed by atoms with Crippen LogP contribution in [0.25, 0.3) is 0 Å². The maximum Gasteiger partial charge on any atom is 0.407 e. The Morgan fingerprint density at radius 1 is 1.12 bits per heavy atom. The van der Waals surface area contributed by atoms with E-state index in [1.807, 2.05) is 30.3 Å². The Hall–Kier alpha value is -2.48. The molecular formula is C19H22N2O4S. The van der Waals surface area contributed by atoms with Gasteiger partial charge >= 0.3 is 6.09 Å². The zero-order valence-corrected chi connectivity index (χ0v) is 15.0. The molecule has 0 saturated heterocycles. The fraction of sp³-hybridized carbons (Fsp3) is 0.263. The van der Waals surface area contributed by atoms with E-state index in [1.54, 1.807) is 24.3 Å². The number of alkyl carbamates (subject to hydrolysis) is 1. The molecule has 1 amide bonds. The van der Waals surface area contributed by atoms with E-state index in [-0.39, 0.29) is 24.6 Å². The Kier molecular flexibility index (Phi) is 7.53. The molecule has 0 aromatic heterocycles. The summed E-state index contributed by atoms with van der Waals surface area (Å²) in [5, 5.41) is 22.8. The lowest BCUT2D eigenvalue weighted by molar-refractivity contribution is 0.0136. The van der Waals surface area contributed by atoms with Crippen molar-refractivity contribution in [1.29, 1.82) is 0 Å². The maximum atomic E-state index is 11.6. The van der Waals surface area contributed by atoms with Gasteiger partial charge in [-0.15, -0.1) is 0 Å². The molecule has 0 radical (unpaired) electrons. The normalized spacial score (nSPS) is 12.8. The van der Waals surface area contributed by atoms with Crippen LogP contribution in [0.15, 0.2) is 54.6 Å². The number of thiocarbonyl (C=S) groups is 1. The molecule has 5 N–H and O–H groups in total. The van der Waals surface area contributed by atoms with Gasteiger partial charge in [0.05, 0.1) is 6.10 Å². The van der Waals surface area contributed by atoms with E-state index in [1.165, 1.54) is 0 Å². The van der Waals surface area contributed by atoms with Crippen LogP contribution in [0.1, 0.15) is 29.2 Å². The summed E-state index contributed by atoms with van der Waals surface area (Å²) in [6, 6.07) is 16.0. The number of nitrogens with two attached hydrogens (primary N) is 1. The maximum absolute atomic E-state index is 11.6. The van der Waals surface area contributed by atoms with E-state index in [0.717, 1.165) is 5.56 Å². The fourth-order valence-corrected chi connectivity index (χ4v) is 2.46. The van der Waals surface area contributed by atoms with Gasteiger partial charge in [-0.05, 0) is 17.5 Å².